The summed E-state index contributed by atoms with van der Waals surface area (Å²) in [6.07, 6.45) is 11.0. The molecule has 0 spiro atoms. The van der Waals surface area contributed by atoms with Crippen molar-refractivity contribution in [2.24, 2.45) is 23.7 Å². The summed E-state index contributed by atoms with van der Waals surface area (Å²) in [7, 11) is 1.37. The Morgan fingerprint density at radius 1 is 1.00 bits per heavy atom. The van der Waals surface area contributed by atoms with Crippen LogP contribution in [-0.4, -0.2) is 46.8 Å². The number of rotatable bonds is 9. The van der Waals surface area contributed by atoms with Crippen LogP contribution in [0.5, 0.6) is 0 Å². The molecule has 9 heteroatoms. The third-order valence-corrected chi connectivity index (χ3v) is 11.9. The highest BCUT2D eigenvalue weighted by atomic mass is 16.5. The summed E-state index contributed by atoms with van der Waals surface area (Å²) in [5.74, 6) is -1.40. The number of methoxy groups -OCH3 is 1. The Hall–Kier alpha value is -4.24. The molecule has 1 fully saturated rings. The molecule has 9 nitrogen and oxygen atoms in total. The molecule has 6 atom stereocenters. The van der Waals surface area contributed by atoms with Crippen LogP contribution in [0, 0.1) is 37.5 Å². The van der Waals surface area contributed by atoms with Gasteiger partial charge in [0.2, 0.25) is 0 Å². The molecule has 50 heavy (non-hydrogen) atoms. The van der Waals surface area contributed by atoms with Gasteiger partial charge in [0, 0.05) is 63.0 Å². The van der Waals surface area contributed by atoms with Gasteiger partial charge in [-0.05, 0) is 111 Å². The van der Waals surface area contributed by atoms with Gasteiger partial charge >= 0.3 is 11.9 Å². The van der Waals surface area contributed by atoms with E-state index in [1.807, 2.05) is 19.9 Å². The highest BCUT2D eigenvalue weighted by Crippen LogP contribution is 2.45. The average molecular weight is 683 g/mol. The third kappa shape index (κ3) is 6.08. The van der Waals surface area contributed by atoms with Gasteiger partial charge in [-0.1, -0.05) is 33.3 Å². The first kappa shape index (κ1) is 35.6. The largest absolute Gasteiger partial charge is 0.468 e. The summed E-state index contributed by atoms with van der Waals surface area (Å²) in [5, 5.41) is 21.1. The molecule has 0 amide bonds. The zero-order valence-electron chi connectivity index (χ0n) is 31.1. The predicted octanol–water partition coefficient (Wildman–Crippen LogP) is 5.38. The average Bonchev–Trinajstić information content (AvgIpc) is 3.84. The van der Waals surface area contributed by atoms with Gasteiger partial charge in [-0.15, -0.1) is 0 Å². The molecule has 0 aromatic carbocycles. The predicted molar refractivity (Wildman–Crippen MR) is 197 cm³/mol. The number of ether oxygens (including phenoxy) is 2. The van der Waals surface area contributed by atoms with Crippen molar-refractivity contribution in [1.29, 1.82) is 0 Å². The van der Waals surface area contributed by atoms with Gasteiger partial charge in [-0.25, -0.2) is 0 Å². The van der Waals surface area contributed by atoms with Gasteiger partial charge in [0.05, 0.1) is 19.3 Å². The Morgan fingerprint density at radius 2 is 1.76 bits per heavy atom. The molecule has 2 aromatic heterocycles. The van der Waals surface area contributed by atoms with Crippen molar-refractivity contribution >= 4 is 29.7 Å². The number of hydrogen-bond donors (Lipinski definition) is 5. The number of carbonyl (C=O) groups is 2. The lowest BCUT2D eigenvalue weighted by Gasteiger charge is -2.27. The quantitative estimate of drug-likeness (QED) is 0.178. The number of fused-ring (bicyclic) bond motifs is 8. The van der Waals surface area contributed by atoms with Crippen LogP contribution in [0.15, 0.2) is 40.4 Å². The van der Waals surface area contributed by atoms with Crippen LogP contribution in [-0.2, 0) is 25.5 Å². The molecule has 8 bridgehead atoms. The number of aromatic nitrogens is 2. The van der Waals surface area contributed by atoms with Gasteiger partial charge in [0.25, 0.3) is 0 Å². The fourth-order valence-electron chi connectivity index (χ4n) is 8.64. The molecule has 1 unspecified atom stereocenters. The van der Waals surface area contributed by atoms with Crippen LogP contribution >= 0.6 is 0 Å². The molecular weight excluding hydrogens is 628 g/mol. The van der Waals surface area contributed by atoms with Crippen LogP contribution < -0.4 is 21.3 Å². The maximum absolute atomic E-state index is 13.5. The van der Waals surface area contributed by atoms with E-state index in [0.29, 0.717) is 6.42 Å². The summed E-state index contributed by atoms with van der Waals surface area (Å²) in [5.41, 5.74) is 12.7. The molecule has 5 N–H and O–H groups in total. The van der Waals surface area contributed by atoms with Gasteiger partial charge < -0.3 is 35.2 Å². The van der Waals surface area contributed by atoms with Gasteiger partial charge in [-0.3, -0.25) is 9.59 Å². The molecule has 0 radical (unpaired) electrons. The first-order chi connectivity index (χ1) is 23.9. The van der Waals surface area contributed by atoms with E-state index >= 15 is 0 Å². The number of aliphatic hydroxyl groups is 1. The monoisotopic (exact) mass is 682 g/mol. The highest BCUT2D eigenvalue weighted by molar-refractivity contribution is 5.88. The normalized spacial score (nSPS) is 28.3. The fraction of sp³-hybridized carbons (Fsp3) is 0.512. The number of hydrogen-bond acceptors (Lipinski definition) is 7. The van der Waals surface area contributed by atoms with E-state index in [2.05, 4.69) is 80.4 Å². The van der Waals surface area contributed by atoms with Crippen LogP contribution in [0.4, 0.5) is 0 Å². The molecular formula is C41H54N4O5. The molecule has 5 heterocycles. The third-order valence-electron chi connectivity index (χ3n) is 11.9. The molecule has 3 aliphatic heterocycles. The second-order valence-electron chi connectivity index (χ2n) is 14.5. The number of allylic oxidation sites excluding steroid dienone is 4. The Labute approximate surface area is 295 Å². The van der Waals surface area contributed by atoms with Crippen LogP contribution in [0.25, 0.3) is 17.7 Å². The minimum Gasteiger partial charge on any atom is -0.468 e. The first-order valence-electron chi connectivity index (χ1n) is 18.3. The van der Waals surface area contributed by atoms with Crippen molar-refractivity contribution in [2.45, 2.75) is 99.6 Å². The van der Waals surface area contributed by atoms with E-state index in [1.54, 1.807) is 0 Å². The number of nitrogens with one attached hydrogen (secondary N) is 4. The smallest absolute Gasteiger partial charge is 0.315 e. The van der Waals surface area contributed by atoms with Crippen LogP contribution in [0.3, 0.4) is 0 Å². The van der Waals surface area contributed by atoms with E-state index in [-0.39, 0.29) is 42.8 Å². The van der Waals surface area contributed by atoms with Crippen molar-refractivity contribution in [3.8, 4) is 0 Å². The number of aromatic amines is 2. The Balaban J connectivity index is 1.55. The number of aliphatic hydroxyl groups excluding tert-OH is 1. The molecule has 1 saturated heterocycles. The first-order valence-corrected chi connectivity index (χ1v) is 18.3. The number of esters is 2. The summed E-state index contributed by atoms with van der Waals surface area (Å²) in [6.45, 7) is 17.3. The summed E-state index contributed by atoms with van der Waals surface area (Å²) in [6, 6.07) is -0.338. The minimum atomic E-state index is -1.07. The second kappa shape index (κ2) is 14.2. The summed E-state index contributed by atoms with van der Waals surface area (Å²) < 4.78 is 10.9. The van der Waals surface area contributed by atoms with Crippen molar-refractivity contribution < 1.29 is 24.2 Å². The van der Waals surface area contributed by atoms with Gasteiger partial charge in [-0.2, -0.15) is 0 Å². The van der Waals surface area contributed by atoms with E-state index < -0.39 is 18.0 Å². The second-order valence-corrected chi connectivity index (χ2v) is 14.5. The Kier molecular flexibility index (Phi) is 10.1. The van der Waals surface area contributed by atoms with Gasteiger partial charge in [0.1, 0.15) is 12.5 Å². The Bertz CT molecular complexity index is 1950. The maximum atomic E-state index is 13.5. The summed E-state index contributed by atoms with van der Waals surface area (Å²) >= 11 is 0. The standard InChI is InChI=1S/C41H54N4O5/c1-10-20(4)15-16-50-34(46)14-13-27-23(7)30-17-28-21(5)25(11-2)32(42-28)18-29-22(6)26(12-3)33(43-29)19-31-24(8)35-39(45-31)36(38(27)44-30)37(40(35)47)41(48)49-9/h15,17-19,23,25,27,37-38,40,42-45,47H,10-14,16H2,1-9H3/b20-15+,30-17-,31-19-,32-18-/t23-,25-,27-,37-,38?,40-/m1/s1. The van der Waals surface area contributed by atoms with E-state index in [0.717, 1.165) is 69.4 Å². The van der Waals surface area contributed by atoms with E-state index in [1.165, 1.54) is 35.1 Å². The molecule has 0 saturated carbocycles. The van der Waals surface area contributed by atoms with Crippen molar-refractivity contribution in [1.82, 2.24) is 20.6 Å². The van der Waals surface area contributed by atoms with Crippen molar-refractivity contribution in [2.75, 3.05) is 13.7 Å². The maximum Gasteiger partial charge on any atom is 0.315 e. The minimum absolute atomic E-state index is 0.0231. The number of carbonyl (C=O) groups excluding carboxylic acids is 2. The van der Waals surface area contributed by atoms with Crippen molar-refractivity contribution in [3.63, 3.8) is 0 Å². The highest BCUT2D eigenvalue weighted by Gasteiger charge is 2.49. The zero-order chi connectivity index (χ0) is 36.0. The lowest BCUT2D eigenvalue weighted by atomic mass is 9.80. The number of H-pyrrole nitrogens is 2. The lowest BCUT2D eigenvalue weighted by Crippen LogP contribution is -2.37. The summed E-state index contributed by atoms with van der Waals surface area (Å²) in [4.78, 5) is 33.9. The molecule has 2 aromatic rings. The van der Waals surface area contributed by atoms with Crippen molar-refractivity contribution in [3.05, 3.63) is 84.7 Å². The SMILES string of the molecule is CC/C(C)=C/COC(=O)CC[C@H]1C2N/C(=C\C3=C(C)[C@@H](CC)/C(=C/c4[nH]c(c(CC)c4C)/C=c4\[nH]c5c(c4C)[C@@H](O)[C@H](C(=O)OC)C=52)N3)[C@@H]1C. The molecule has 1 aliphatic carbocycles. The fourth-order valence-corrected chi connectivity index (χ4v) is 8.64. The lowest BCUT2D eigenvalue weighted by molar-refractivity contribution is -0.147. The van der Waals surface area contributed by atoms with Crippen LogP contribution in [0.2, 0.25) is 0 Å². The topological polar surface area (TPSA) is 128 Å². The van der Waals surface area contributed by atoms with E-state index in [4.69, 9.17) is 9.47 Å². The Morgan fingerprint density at radius 3 is 2.44 bits per heavy atom. The molecule has 6 rings (SSSR count). The van der Waals surface area contributed by atoms with Crippen LogP contribution in [0.1, 0.15) is 107 Å². The van der Waals surface area contributed by atoms with Gasteiger partial charge in [0.15, 0.2) is 0 Å². The zero-order valence-corrected chi connectivity index (χ0v) is 31.1. The molecule has 4 aliphatic rings. The van der Waals surface area contributed by atoms with E-state index in [9.17, 15) is 14.7 Å². The molecule has 268 valence electrons.